The van der Waals surface area contributed by atoms with Crippen LogP contribution in [0.25, 0.3) is 0 Å². The van der Waals surface area contributed by atoms with Crippen LogP contribution in [0.5, 0.6) is 5.75 Å². The van der Waals surface area contributed by atoms with Crippen LogP contribution in [0, 0.1) is 0 Å². The van der Waals surface area contributed by atoms with Crippen LogP contribution >= 0.6 is 0 Å². The fraction of sp³-hybridized carbons (Fsp3) is 0.440. The number of nitrogens with zero attached hydrogens (tertiary/aromatic N) is 1. The number of aryl methyl sites for hydroxylation is 1. The highest BCUT2D eigenvalue weighted by Gasteiger charge is 2.31. The molecule has 0 radical (unpaired) electrons. The fourth-order valence-corrected chi connectivity index (χ4v) is 6.47. The summed E-state index contributed by atoms with van der Waals surface area (Å²) in [6.45, 7) is -0.396. The van der Waals surface area contributed by atoms with Gasteiger partial charge in [-0.1, -0.05) is 37.1 Å². The molecule has 34 heavy (non-hydrogen) atoms. The van der Waals surface area contributed by atoms with Gasteiger partial charge in [-0.15, -0.1) is 0 Å². The molecule has 8 nitrogen and oxygen atoms in total. The van der Waals surface area contributed by atoms with Gasteiger partial charge in [-0.25, -0.2) is 13.1 Å². The summed E-state index contributed by atoms with van der Waals surface area (Å²) in [7, 11) is -3.75. The largest absolute Gasteiger partial charge is 0.482 e. The van der Waals surface area contributed by atoms with E-state index in [9.17, 15) is 18.0 Å². The first kappa shape index (κ1) is 22.9. The Morgan fingerprint density at radius 3 is 2.68 bits per heavy atom. The summed E-state index contributed by atoms with van der Waals surface area (Å²) in [5.41, 5.74) is 2.64. The van der Waals surface area contributed by atoms with E-state index < -0.39 is 10.0 Å². The molecule has 0 aromatic heterocycles. The van der Waals surface area contributed by atoms with Crippen LogP contribution in [0.3, 0.4) is 0 Å². The van der Waals surface area contributed by atoms with Gasteiger partial charge < -0.3 is 10.1 Å². The molecule has 0 spiro atoms. The molecule has 2 aromatic rings. The van der Waals surface area contributed by atoms with Crippen molar-refractivity contribution in [2.75, 3.05) is 18.1 Å². The lowest BCUT2D eigenvalue weighted by molar-refractivity contribution is -0.125. The summed E-state index contributed by atoms with van der Waals surface area (Å²) in [5.74, 6) is -0.291. The Morgan fingerprint density at radius 2 is 1.85 bits per heavy atom. The molecule has 2 amide bonds. The Kier molecular flexibility index (Phi) is 6.31. The molecule has 0 saturated heterocycles. The predicted molar refractivity (Wildman–Crippen MR) is 127 cm³/mol. The molecule has 1 aliphatic heterocycles. The van der Waals surface area contributed by atoms with E-state index in [1.165, 1.54) is 22.6 Å². The maximum Gasteiger partial charge on any atom is 0.265 e. The van der Waals surface area contributed by atoms with Crippen molar-refractivity contribution in [3.05, 3.63) is 53.6 Å². The van der Waals surface area contributed by atoms with Crippen molar-refractivity contribution in [2.24, 2.45) is 0 Å². The van der Waals surface area contributed by atoms with Gasteiger partial charge in [-0.05, 0) is 61.4 Å². The van der Waals surface area contributed by atoms with Crippen LogP contribution in [0.2, 0.25) is 0 Å². The molecule has 9 heteroatoms. The molecule has 5 rings (SSSR count). The van der Waals surface area contributed by atoms with E-state index >= 15 is 0 Å². The summed E-state index contributed by atoms with van der Waals surface area (Å²) in [6, 6.07) is 12.4. The van der Waals surface area contributed by atoms with Crippen LogP contribution in [0.15, 0.2) is 47.4 Å². The highest BCUT2D eigenvalue weighted by atomic mass is 32.2. The number of carbonyl (C=O) groups excluding carboxylic acids is 2. The summed E-state index contributed by atoms with van der Waals surface area (Å²) in [6.07, 6.45) is 6.47. The lowest BCUT2D eigenvalue weighted by Crippen LogP contribution is -2.46. The molecule has 3 aliphatic rings. The normalized spacial score (nSPS) is 20.4. The van der Waals surface area contributed by atoms with E-state index in [1.54, 1.807) is 6.07 Å². The van der Waals surface area contributed by atoms with E-state index in [4.69, 9.17) is 4.74 Å². The number of benzene rings is 2. The molecular formula is C25H29N3O5S. The number of nitrogens with one attached hydrogen (secondary N) is 2. The minimum atomic E-state index is -3.75. The van der Waals surface area contributed by atoms with Crippen molar-refractivity contribution in [1.82, 2.24) is 10.0 Å². The van der Waals surface area contributed by atoms with Crippen molar-refractivity contribution < 1.29 is 22.7 Å². The van der Waals surface area contributed by atoms with Crippen LogP contribution in [-0.4, -0.2) is 39.4 Å². The third-order valence-electron chi connectivity index (χ3n) is 6.87. The average molecular weight is 484 g/mol. The van der Waals surface area contributed by atoms with Gasteiger partial charge in [0.15, 0.2) is 6.61 Å². The van der Waals surface area contributed by atoms with Crippen LogP contribution in [0.1, 0.15) is 55.7 Å². The third kappa shape index (κ3) is 4.67. The first-order valence-corrected chi connectivity index (χ1v) is 13.4. The fourth-order valence-electron chi connectivity index (χ4n) is 5.14. The van der Waals surface area contributed by atoms with E-state index in [1.807, 2.05) is 18.2 Å². The number of carbonyl (C=O) groups is 2. The molecular weight excluding hydrogens is 454 g/mol. The second-order valence-electron chi connectivity index (χ2n) is 9.21. The second kappa shape index (κ2) is 9.38. The highest BCUT2D eigenvalue weighted by molar-refractivity contribution is 7.89. The zero-order valence-electron chi connectivity index (χ0n) is 19.0. The number of sulfonamides is 1. The van der Waals surface area contributed by atoms with Gasteiger partial charge in [0.1, 0.15) is 12.3 Å². The number of ether oxygens (including phenoxy) is 1. The van der Waals surface area contributed by atoms with Crippen molar-refractivity contribution in [2.45, 2.75) is 61.9 Å². The van der Waals surface area contributed by atoms with Gasteiger partial charge in [0.2, 0.25) is 15.9 Å². The monoisotopic (exact) mass is 483 g/mol. The summed E-state index contributed by atoms with van der Waals surface area (Å²) >= 11 is 0. The molecule has 1 saturated carbocycles. The minimum Gasteiger partial charge on any atom is -0.482 e. The average Bonchev–Trinajstić information content (AvgIpc) is 3.33. The van der Waals surface area contributed by atoms with Crippen molar-refractivity contribution in [1.29, 1.82) is 0 Å². The summed E-state index contributed by atoms with van der Waals surface area (Å²) in [4.78, 5) is 27.0. The maximum absolute atomic E-state index is 13.0. The van der Waals surface area contributed by atoms with Gasteiger partial charge in [0.05, 0.1) is 16.6 Å². The SMILES string of the molecule is O=C(CN1C(=O)COc2ccc(S(=O)(=O)NC3CCCC3)cc21)N[C@@H]1CCCc2ccccc21. The number of rotatable bonds is 6. The Balaban J connectivity index is 1.35. The number of fused-ring (bicyclic) bond motifs is 2. The van der Waals surface area contributed by atoms with Gasteiger partial charge >= 0.3 is 0 Å². The smallest absolute Gasteiger partial charge is 0.265 e. The van der Waals surface area contributed by atoms with E-state index in [0.29, 0.717) is 11.4 Å². The zero-order valence-corrected chi connectivity index (χ0v) is 19.8. The van der Waals surface area contributed by atoms with Crippen molar-refractivity contribution in [3.8, 4) is 5.75 Å². The van der Waals surface area contributed by atoms with Crippen molar-refractivity contribution in [3.63, 3.8) is 0 Å². The topological polar surface area (TPSA) is 105 Å². The summed E-state index contributed by atoms with van der Waals surface area (Å²) in [5, 5.41) is 3.06. The standard InChI is InChI=1S/C25H29N3O5S/c29-24(26-21-11-5-7-17-6-1-4-10-20(17)21)15-28-22-14-19(12-13-23(22)33-16-25(28)30)34(31,32)27-18-8-2-3-9-18/h1,4,6,10,12-14,18,21,27H,2-3,5,7-9,11,15-16H2,(H,26,29)/t21-/m1/s1. The molecule has 1 heterocycles. The molecule has 2 aliphatic carbocycles. The zero-order chi connectivity index (χ0) is 23.7. The first-order valence-electron chi connectivity index (χ1n) is 11.9. The van der Waals surface area contributed by atoms with Gasteiger partial charge in [-0.2, -0.15) is 0 Å². The van der Waals surface area contributed by atoms with E-state index in [0.717, 1.165) is 50.5 Å². The van der Waals surface area contributed by atoms with Gasteiger partial charge in [0.25, 0.3) is 5.91 Å². The molecule has 1 atom stereocenters. The lowest BCUT2D eigenvalue weighted by atomic mass is 9.88. The second-order valence-corrected chi connectivity index (χ2v) is 10.9. The molecule has 0 unspecified atom stereocenters. The molecule has 1 fully saturated rings. The highest BCUT2D eigenvalue weighted by Crippen LogP contribution is 2.35. The molecule has 180 valence electrons. The number of hydrogen-bond acceptors (Lipinski definition) is 5. The Morgan fingerprint density at radius 1 is 1.06 bits per heavy atom. The molecule has 2 N–H and O–H groups in total. The van der Waals surface area contributed by atoms with Crippen molar-refractivity contribution >= 4 is 27.5 Å². The van der Waals surface area contributed by atoms with Crippen LogP contribution in [0.4, 0.5) is 5.69 Å². The number of anilines is 1. The van der Waals surface area contributed by atoms with E-state index in [2.05, 4.69) is 16.1 Å². The number of amides is 2. The van der Waals surface area contributed by atoms with Crippen LogP contribution in [-0.2, 0) is 26.0 Å². The molecule has 0 bridgehead atoms. The Hall–Kier alpha value is -2.91. The van der Waals surface area contributed by atoms with Gasteiger partial charge in [-0.3, -0.25) is 14.5 Å². The third-order valence-corrected chi connectivity index (χ3v) is 8.39. The predicted octanol–water partition coefficient (Wildman–Crippen LogP) is 2.83. The summed E-state index contributed by atoms with van der Waals surface area (Å²) < 4.78 is 34.1. The first-order chi connectivity index (χ1) is 16.4. The maximum atomic E-state index is 13.0. The Bertz CT molecular complexity index is 1210. The Labute approximate surface area is 199 Å². The van der Waals surface area contributed by atoms with Gasteiger partial charge in [0, 0.05) is 6.04 Å². The number of hydrogen-bond donors (Lipinski definition) is 2. The van der Waals surface area contributed by atoms with Crippen LogP contribution < -0.4 is 19.7 Å². The molecule has 2 aromatic carbocycles. The van der Waals surface area contributed by atoms with E-state index in [-0.39, 0.29) is 41.9 Å². The quantitative estimate of drug-likeness (QED) is 0.658. The minimum absolute atomic E-state index is 0.0584. The lowest BCUT2D eigenvalue weighted by Gasteiger charge is -2.31.